The summed E-state index contributed by atoms with van der Waals surface area (Å²) >= 11 is 2.10. The topological polar surface area (TPSA) is 26.0 Å². The van der Waals surface area contributed by atoms with E-state index in [1.165, 1.54) is 31.4 Å². The largest absolute Gasteiger partial charge is 0.325 e. The summed E-state index contributed by atoms with van der Waals surface area (Å²) in [6.07, 6.45) is 5.23. The van der Waals surface area contributed by atoms with Gasteiger partial charge in [0.2, 0.25) is 0 Å². The maximum absolute atomic E-state index is 6.37. The van der Waals surface area contributed by atoms with Crippen molar-refractivity contribution in [3.05, 3.63) is 0 Å². The highest BCUT2D eigenvalue weighted by molar-refractivity contribution is 8.00. The highest BCUT2D eigenvalue weighted by Crippen LogP contribution is 2.52. The molecular weight excluding hydrogens is 166 g/mol. The molecule has 2 aliphatic rings. The molecule has 12 heavy (non-hydrogen) atoms. The van der Waals surface area contributed by atoms with Crippen molar-refractivity contribution in [2.45, 2.75) is 49.8 Å². The molecular formula is C10H19NS. The van der Waals surface area contributed by atoms with E-state index in [1.54, 1.807) is 0 Å². The predicted octanol–water partition coefficient (Wildman–Crippen LogP) is 2.40. The smallest absolute Gasteiger partial charge is 0.0196 e. The van der Waals surface area contributed by atoms with Crippen molar-refractivity contribution < 1.29 is 0 Å². The second kappa shape index (κ2) is 2.65. The maximum Gasteiger partial charge on any atom is 0.0196 e. The molecule has 1 aliphatic carbocycles. The first-order valence-electron chi connectivity index (χ1n) is 4.97. The second-order valence-corrected chi connectivity index (χ2v) is 6.63. The average molecular weight is 185 g/mol. The van der Waals surface area contributed by atoms with Crippen LogP contribution in [0, 0.1) is 5.92 Å². The van der Waals surface area contributed by atoms with Crippen molar-refractivity contribution in [1.82, 2.24) is 0 Å². The zero-order valence-corrected chi connectivity index (χ0v) is 8.91. The van der Waals surface area contributed by atoms with E-state index in [9.17, 15) is 0 Å². The molecule has 2 heteroatoms. The monoisotopic (exact) mass is 185 g/mol. The number of thioether (sulfide) groups is 1. The summed E-state index contributed by atoms with van der Waals surface area (Å²) in [6, 6.07) is 0. The molecule has 2 N–H and O–H groups in total. The third-order valence-corrected chi connectivity index (χ3v) is 5.17. The van der Waals surface area contributed by atoms with Crippen LogP contribution in [0.15, 0.2) is 0 Å². The Bertz CT molecular complexity index is 184. The Hall–Kier alpha value is 0.310. The fourth-order valence-corrected chi connectivity index (χ4v) is 4.23. The first-order chi connectivity index (χ1) is 5.55. The summed E-state index contributed by atoms with van der Waals surface area (Å²) < 4.78 is 0.440. The van der Waals surface area contributed by atoms with Crippen LogP contribution in [0.5, 0.6) is 0 Å². The summed E-state index contributed by atoms with van der Waals surface area (Å²) in [5.74, 6) is 2.08. The quantitative estimate of drug-likeness (QED) is 0.679. The van der Waals surface area contributed by atoms with Gasteiger partial charge in [-0.25, -0.2) is 0 Å². The van der Waals surface area contributed by atoms with Crippen LogP contribution in [0.1, 0.15) is 39.5 Å². The molecule has 0 aromatic heterocycles. The van der Waals surface area contributed by atoms with Crippen molar-refractivity contribution in [3.63, 3.8) is 0 Å². The predicted molar refractivity (Wildman–Crippen MR) is 55.4 cm³/mol. The molecule has 0 aromatic carbocycles. The van der Waals surface area contributed by atoms with E-state index < -0.39 is 0 Å². The minimum absolute atomic E-state index is 0.215. The zero-order chi connectivity index (χ0) is 8.82. The number of rotatable bonds is 1. The molecule has 1 unspecified atom stereocenters. The first-order valence-corrected chi connectivity index (χ1v) is 5.96. The van der Waals surface area contributed by atoms with Gasteiger partial charge in [-0.3, -0.25) is 0 Å². The lowest BCUT2D eigenvalue weighted by atomic mass is 9.64. The van der Waals surface area contributed by atoms with Crippen LogP contribution in [0.3, 0.4) is 0 Å². The van der Waals surface area contributed by atoms with Gasteiger partial charge >= 0.3 is 0 Å². The van der Waals surface area contributed by atoms with Crippen molar-refractivity contribution in [3.8, 4) is 0 Å². The van der Waals surface area contributed by atoms with E-state index in [0.29, 0.717) is 4.75 Å². The van der Waals surface area contributed by atoms with E-state index in [-0.39, 0.29) is 5.54 Å². The Morgan fingerprint density at radius 2 is 2.00 bits per heavy atom. The lowest BCUT2D eigenvalue weighted by Crippen LogP contribution is -2.57. The van der Waals surface area contributed by atoms with E-state index in [0.717, 1.165) is 5.92 Å². The Morgan fingerprint density at radius 1 is 1.33 bits per heavy atom. The van der Waals surface area contributed by atoms with Crippen molar-refractivity contribution >= 4 is 11.8 Å². The molecule has 1 aliphatic heterocycles. The van der Waals surface area contributed by atoms with Crippen LogP contribution in [0.4, 0.5) is 0 Å². The lowest BCUT2D eigenvalue weighted by molar-refractivity contribution is 0.131. The van der Waals surface area contributed by atoms with Crippen LogP contribution in [-0.2, 0) is 0 Å². The average Bonchev–Trinajstić information content (AvgIpc) is 2.25. The van der Waals surface area contributed by atoms with Crippen molar-refractivity contribution in [2.24, 2.45) is 11.7 Å². The van der Waals surface area contributed by atoms with Crippen LogP contribution in [0.2, 0.25) is 0 Å². The van der Waals surface area contributed by atoms with Gasteiger partial charge in [0.05, 0.1) is 0 Å². The molecule has 1 saturated heterocycles. The Balaban J connectivity index is 2.12. The van der Waals surface area contributed by atoms with Crippen LogP contribution >= 0.6 is 11.8 Å². The second-order valence-electron chi connectivity index (χ2n) is 4.88. The van der Waals surface area contributed by atoms with Gasteiger partial charge < -0.3 is 5.73 Å². The number of hydrogen-bond acceptors (Lipinski definition) is 2. The fourth-order valence-electron chi connectivity index (χ4n) is 2.80. The van der Waals surface area contributed by atoms with E-state index in [1.807, 2.05) is 0 Å². The summed E-state index contributed by atoms with van der Waals surface area (Å²) in [6.45, 7) is 4.73. The van der Waals surface area contributed by atoms with Crippen molar-refractivity contribution in [1.29, 1.82) is 0 Å². The molecule has 70 valence electrons. The molecule has 1 saturated carbocycles. The van der Waals surface area contributed by atoms with Gasteiger partial charge in [-0.05, 0) is 37.4 Å². The van der Waals surface area contributed by atoms with Crippen LogP contribution < -0.4 is 5.73 Å². The molecule has 2 rings (SSSR count). The Kier molecular flexibility index (Phi) is 1.96. The molecule has 1 nitrogen and oxygen atoms in total. The molecule has 1 heterocycles. The summed E-state index contributed by atoms with van der Waals surface area (Å²) in [5, 5.41) is 0. The van der Waals surface area contributed by atoms with Gasteiger partial charge in [0.25, 0.3) is 0 Å². The van der Waals surface area contributed by atoms with Crippen LogP contribution in [0.25, 0.3) is 0 Å². The lowest BCUT2D eigenvalue weighted by Gasteiger charge is -2.48. The summed E-state index contributed by atoms with van der Waals surface area (Å²) in [4.78, 5) is 0. The standard InChI is InChI=1S/C10H19NS/c1-9(2)8(4-7-12-9)10(11)5-3-6-10/h8H,3-7,11H2,1-2H3. The highest BCUT2D eigenvalue weighted by Gasteiger charge is 2.49. The van der Waals surface area contributed by atoms with Gasteiger partial charge in [-0.2, -0.15) is 11.8 Å². The third-order valence-electron chi connectivity index (χ3n) is 3.70. The Labute approximate surface area is 79.5 Å². The molecule has 1 atom stereocenters. The van der Waals surface area contributed by atoms with E-state index >= 15 is 0 Å². The van der Waals surface area contributed by atoms with E-state index in [4.69, 9.17) is 5.73 Å². The Morgan fingerprint density at radius 3 is 2.33 bits per heavy atom. The van der Waals surface area contributed by atoms with Gasteiger partial charge in [0.15, 0.2) is 0 Å². The molecule has 0 amide bonds. The molecule has 0 bridgehead atoms. The molecule has 0 radical (unpaired) electrons. The van der Waals surface area contributed by atoms with Gasteiger partial charge in [-0.15, -0.1) is 0 Å². The third kappa shape index (κ3) is 1.20. The summed E-state index contributed by atoms with van der Waals surface area (Å²) in [5.41, 5.74) is 6.59. The number of hydrogen-bond donors (Lipinski definition) is 1. The normalized spacial score (nSPS) is 37.8. The van der Waals surface area contributed by atoms with Crippen molar-refractivity contribution in [2.75, 3.05) is 5.75 Å². The number of nitrogens with two attached hydrogens (primary N) is 1. The highest BCUT2D eigenvalue weighted by atomic mass is 32.2. The maximum atomic E-state index is 6.37. The first kappa shape index (κ1) is 8.89. The van der Waals surface area contributed by atoms with Crippen LogP contribution in [-0.4, -0.2) is 16.0 Å². The van der Waals surface area contributed by atoms with Gasteiger partial charge in [0, 0.05) is 10.3 Å². The van der Waals surface area contributed by atoms with Gasteiger partial charge in [-0.1, -0.05) is 13.8 Å². The summed E-state index contributed by atoms with van der Waals surface area (Å²) in [7, 11) is 0. The zero-order valence-electron chi connectivity index (χ0n) is 8.10. The SMILES string of the molecule is CC1(C)SCCC1C1(N)CCC1. The minimum atomic E-state index is 0.215. The minimum Gasteiger partial charge on any atom is -0.325 e. The van der Waals surface area contributed by atoms with E-state index in [2.05, 4.69) is 25.6 Å². The molecule has 0 aromatic rings. The molecule has 0 spiro atoms. The fraction of sp³-hybridized carbons (Fsp3) is 1.00. The molecule has 2 fully saturated rings. The van der Waals surface area contributed by atoms with Gasteiger partial charge in [0.1, 0.15) is 0 Å².